The molecule has 0 radical (unpaired) electrons. The smallest absolute Gasteiger partial charge is 0.0667 e. The molecule has 0 saturated heterocycles. The summed E-state index contributed by atoms with van der Waals surface area (Å²) in [6.07, 6.45) is 2.79. The fourth-order valence-corrected chi connectivity index (χ4v) is 1.10. The lowest BCUT2D eigenvalue weighted by molar-refractivity contribution is 0.0786. The van der Waals surface area contributed by atoms with E-state index in [0.717, 1.165) is 13.0 Å². The molecule has 1 atom stereocenters. The number of hydrogen-bond donors (Lipinski definition) is 1. The van der Waals surface area contributed by atoms with Crippen molar-refractivity contribution in [2.45, 2.75) is 26.3 Å². The zero-order chi connectivity index (χ0) is 10.1. The highest BCUT2D eigenvalue weighted by atomic mass is 16.5. The Morgan fingerprint density at radius 3 is 2.77 bits per heavy atom. The molecule has 1 unspecified atom stereocenters. The van der Waals surface area contributed by atoms with Crippen molar-refractivity contribution >= 4 is 0 Å². The van der Waals surface area contributed by atoms with Gasteiger partial charge in [0.05, 0.1) is 13.2 Å². The zero-order valence-electron chi connectivity index (χ0n) is 8.70. The van der Waals surface area contributed by atoms with E-state index in [1.165, 1.54) is 0 Å². The van der Waals surface area contributed by atoms with Gasteiger partial charge in [-0.15, -0.1) is 0 Å². The molecule has 0 aromatic heterocycles. The van der Waals surface area contributed by atoms with Crippen LogP contribution in [0.25, 0.3) is 0 Å². The third-order valence-electron chi connectivity index (χ3n) is 1.87. The monoisotopic (exact) mass is 187 g/mol. The normalized spacial score (nSPS) is 12.5. The van der Waals surface area contributed by atoms with Crippen LogP contribution in [-0.4, -0.2) is 42.4 Å². The van der Waals surface area contributed by atoms with Gasteiger partial charge in [0, 0.05) is 19.2 Å². The second kappa shape index (κ2) is 8.08. The van der Waals surface area contributed by atoms with Crippen molar-refractivity contribution in [3.05, 3.63) is 12.8 Å². The van der Waals surface area contributed by atoms with Gasteiger partial charge >= 0.3 is 0 Å². The third-order valence-corrected chi connectivity index (χ3v) is 1.87. The van der Waals surface area contributed by atoms with Crippen molar-refractivity contribution < 1.29 is 9.84 Å². The van der Waals surface area contributed by atoms with Crippen molar-refractivity contribution in [1.29, 1.82) is 0 Å². The van der Waals surface area contributed by atoms with E-state index in [4.69, 9.17) is 9.84 Å². The molecule has 0 aliphatic heterocycles. The molecule has 0 rings (SSSR count). The zero-order valence-corrected chi connectivity index (χ0v) is 8.70. The number of ether oxygens (including phenoxy) is 1. The summed E-state index contributed by atoms with van der Waals surface area (Å²) < 4.78 is 5.40. The molecule has 0 aromatic rings. The van der Waals surface area contributed by atoms with Crippen LogP contribution in [0, 0.1) is 0 Å². The minimum Gasteiger partial charge on any atom is -0.395 e. The van der Waals surface area contributed by atoms with Crippen molar-refractivity contribution in [1.82, 2.24) is 4.90 Å². The molecule has 3 nitrogen and oxygen atoms in total. The average molecular weight is 187 g/mol. The SMILES string of the molecule is C=CN(CCO)C(C)COCCC. The Bertz CT molecular complexity index is 128. The van der Waals surface area contributed by atoms with Crippen molar-refractivity contribution in [3.63, 3.8) is 0 Å². The number of nitrogens with zero attached hydrogens (tertiary/aromatic N) is 1. The molecule has 0 spiro atoms. The van der Waals surface area contributed by atoms with Crippen LogP contribution in [0.2, 0.25) is 0 Å². The minimum atomic E-state index is 0.157. The average Bonchev–Trinajstić information content (AvgIpc) is 2.14. The fraction of sp³-hybridized carbons (Fsp3) is 0.800. The van der Waals surface area contributed by atoms with E-state index in [0.29, 0.717) is 13.2 Å². The van der Waals surface area contributed by atoms with Crippen molar-refractivity contribution in [3.8, 4) is 0 Å². The molecule has 13 heavy (non-hydrogen) atoms. The van der Waals surface area contributed by atoms with E-state index in [1.54, 1.807) is 6.20 Å². The van der Waals surface area contributed by atoms with Gasteiger partial charge in [0.25, 0.3) is 0 Å². The first-order valence-corrected chi connectivity index (χ1v) is 4.83. The maximum Gasteiger partial charge on any atom is 0.0667 e. The molecule has 0 amide bonds. The molecule has 1 N–H and O–H groups in total. The summed E-state index contributed by atoms with van der Waals surface area (Å²) in [7, 11) is 0. The summed E-state index contributed by atoms with van der Waals surface area (Å²) in [5.74, 6) is 0. The molecule has 3 heteroatoms. The minimum absolute atomic E-state index is 0.157. The van der Waals surface area contributed by atoms with Gasteiger partial charge in [-0.1, -0.05) is 13.5 Å². The second-order valence-corrected chi connectivity index (χ2v) is 3.07. The lowest BCUT2D eigenvalue weighted by Crippen LogP contribution is -2.34. The number of hydrogen-bond acceptors (Lipinski definition) is 3. The van der Waals surface area contributed by atoms with Gasteiger partial charge in [0.2, 0.25) is 0 Å². The fourth-order valence-electron chi connectivity index (χ4n) is 1.10. The van der Waals surface area contributed by atoms with Crippen LogP contribution in [0.5, 0.6) is 0 Å². The van der Waals surface area contributed by atoms with E-state index in [-0.39, 0.29) is 12.6 Å². The first-order valence-electron chi connectivity index (χ1n) is 4.83. The van der Waals surface area contributed by atoms with Crippen molar-refractivity contribution in [2.24, 2.45) is 0 Å². The summed E-state index contributed by atoms with van der Waals surface area (Å²) in [6, 6.07) is 0.288. The quantitative estimate of drug-likeness (QED) is 0.580. The number of rotatable bonds is 8. The van der Waals surface area contributed by atoms with Crippen LogP contribution in [0.1, 0.15) is 20.3 Å². The Balaban J connectivity index is 3.63. The lowest BCUT2D eigenvalue weighted by atomic mass is 10.3. The maximum absolute atomic E-state index is 8.76. The molecule has 0 saturated carbocycles. The maximum atomic E-state index is 8.76. The Morgan fingerprint density at radius 1 is 1.62 bits per heavy atom. The molecule has 78 valence electrons. The van der Waals surface area contributed by atoms with Crippen LogP contribution in [0.3, 0.4) is 0 Å². The Morgan fingerprint density at radius 2 is 2.31 bits per heavy atom. The molecule has 0 fully saturated rings. The van der Waals surface area contributed by atoms with Crippen LogP contribution < -0.4 is 0 Å². The topological polar surface area (TPSA) is 32.7 Å². The predicted octanol–water partition coefficient (Wildman–Crippen LogP) is 1.24. The summed E-state index contributed by atoms with van der Waals surface area (Å²) >= 11 is 0. The second-order valence-electron chi connectivity index (χ2n) is 3.07. The third kappa shape index (κ3) is 5.66. The summed E-state index contributed by atoms with van der Waals surface area (Å²) in [5, 5.41) is 8.76. The van der Waals surface area contributed by atoms with E-state index < -0.39 is 0 Å². The van der Waals surface area contributed by atoms with Gasteiger partial charge < -0.3 is 14.7 Å². The Hall–Kier alpha value is -0.540. The molecule has 0 aliphatic rings. The van der Waals surface area contributed by atoms with Gasteiger partial charge in [0.1, 0.15) is 0 Å². The van der Waals surface area contributed by atoms with Gasteiger partial charge in [0.15, 0.2) is 0 Å². The number of aliphatic hydroxyl groups is 1. The van der Waals surface area contributed by atoms with Gasteiger partial charge in [-0.05, 0) is 19.5 Å². The molecule has 0 aliphatic carbocycles. The van der Waals surface area contributed by atoms with E-state index in [9.17, 15) is 0 Å². The largest absolute Gasteiger partial charge is 0.395 e. The van der Waals surface area contributed by atoms with E-state index >= 15 is 0 Å². The van der Waals surface area contributed by atoms with Crippen LogP contribution in [0.4, 0.5) is 0 Å². The number of aliphatic hydroxyl groups excluding tert-OH is 1. The van der Waals surface area contributed by atoms with Crippen LogP contribution >= 0.6 is 0 Å². The lowest BCUT2D eigenvalue weighted by Gasteiger charge is -2.26. The molecular weight excluding hydrogens is 166 g/mol. The summed E-state index contributed by atoms with van der Waals surface area (Å²) in [6.45, 7) is 10.1. The standard InChI is InChI=1S/C10H21NO2/c1-4-8-13-9-10(3)11(5-2)6-7-12/h5,10,12H,2,4,6-9H2,1,3H3. The van der Waals surface area contributed by atoms with E-state index in [2.05, 4.69) is 20.4 Å². The van der Waals surface area contributed by atoms with Crippen LogP contribution in [-0.2, 0) is 4.74 Å². The Kier molecular flexibility index (Phi) is 7.74. The summed E-state index contributed by atoms with van der Waals surface area (Å²) in [4.78, 5) is 1.98. The highest BCUT2D eigenvalue weighted by molar-refractivity contribution is 4.76. The molecule has 0 bridgehead atoms. The summed E-state index contributed by atoms with van der Waals surface area (Å²) in [5.41, 5.74) is 0. The van der Waals surface area contributed by atoms with Crippen LogP contribution in [0.15, 0.2) is 12.8 Å². The van der Waals surface area contributed by atoms with Gasteiger partial charge in [-0.2, -0.15) is 0 Å². The first kappa shape index (κ1) is 12.5. The first-order chi connectivity index (χ1) is 6.26. The molecule has 0 aromatic carbocycles. The molecule has 0 heterocycles. The predicted molar refractivity (Wildman–Crippen MR) is 54.6 cm³/mol. The van der Waals surface area contributed by atoms with Gasteiger partial charge in [-0.3, -0.25) is 0 Å². The Labute approximate surface area is 81.0 Å². The van der Waals surface area contributed by atoms with Crippen molar-refractivity contribution in [2.75, 3.05) is 26.4 Å². The highest BCUT2D eigenvalue weighted by Crippen LogP contribution is 1.99. The van der Waals surface area contributed by atoms with E-state index in [1.807, 2.05) is 4.90 Å². The van der Waals surface area contributed by atoms with Gasteiger partial charge in [-0.25, -0.2) is 0 Å². The highest BCUT2D eigenvalue weighted by Gasteiger charge is 2.07. The molecular formula is C10H21NO2.